The molecule has 1 aromatic heterocycles. The van der Waals surface area contributed by atoms with Gasteiger partial charge in [-0.05, 0) is 6.92 Å². The lowest BCUT2D eigenvalue weighted by Crippen LogP contribution is -2.23. The number of hydroxylamine groups is 1. The van der Waals surface area contributed by atoms with Crippen LogP contribution in [0.4, 0.5) is 0 Å². The first kappa shape index (κ1) is 7.81. The van der Waals surface area contributed by atoms with Crippen molar-refractivity contribution in [2.45, 2.75) is 6.92 Å². The smallest absolute Gasteiger partial charge is 0.248 e. The third kappa shape index (κ3) is 2.09. The van der Waals surface area contributed by atoms with Gasteiger partial charge in [0.1, 0.15) is 18.6 Å². The van der Waals surface area contributed by atoms with Crippen LogP contribution in [0.5, 0.6) is 0 Å². The molecule has 0 bridgehead atoms. The molecule has 4 heteroatoms. The lowest BCUT2D eigenvalue weighted by Gasteiger charge is -1.92. The van der Waals surface area contributed by atoms with E-state index in [4.69, 9.17) is 5.21 Å². The summed E-state index contributed by atoms with van der Waals surface area (Å²) in [6.45, 7) is 1.78. The van der Waals surface area contributed by atoms with E-state index in [1.807, 2.05) is 34.9 Å². The van der Waals surface area contributed by atoms with Gasteiger partial charge >= 0.3 is 0 Å². The molecule has 0 radical (unpaired) electrons. The maximum absolute atomic E-state index is 8.46. The minimum Gasteiger partial charge on any atom is -0.291 e. The number of nitrogens with one attached hydrogen (secondary N) is 1. The summed E-state index contributed by atoms with van der Waals surface area (Å²) in [5, 5.41) is 8.46. The van der Waals surface area contributed by atoms with E-state index in [0.717, 1.165) is 0 Å². The zero-order valence-corrected chi connectivity index (χ0v) is 6.65. The van der Waals surface area contributed by atoms with Gasteiger partial charge in [-0.1, -0.05) is 0 Å². The molecule has 0 unspecified atom stereocenters. The molecule has 0 spiro atoms. The summed E-state index contributed by atoms with van der Waals surface area (Å²) in [4.78, 5) is 0. The fourth-order valence-electron chi connectivity index (χ4n) is 0.798. The third-order valence-electron chi connectivity index (χ3n) is 1.31. The van der Waals surface area contributed by atoms with Crippen LogP contribution in [0.25, 0.3) is 6.20 Å². The summed E-state index contributed by atoms with van der Waals surface area (Å²) < 4.78 is 3.76. The first-order valence-corrected chi connectivity index (χ1v) is 3.33. The summed E-state index contributed by atoms with van der Waals surface area (Å²) in [7, 11) is 1.94. The quantitative estimate of drug-likeness (QED) is 0.469. The Labute approximate surface area is 65.3 Å². The van der Waals surface area contributed by atoms with Crippen LogP contribution in [0.1, 0.15) is 6.92 Å². The average molecular weight is 154 g/mol. The highest BCUT2D eigenvalue weighted by molar-refractivity contribution is 5.25. The van der Waals surface area contributed by atoms with Crippen molar-refractivity contribution in [1.29, 1.82) is 0 Å². The molecular weight excluding hydrogens is 142 g/mol. The Morgan fingerprint density at radius 1 is 1.73 bits per heavy atom. The largest absolute Gasteiger partial charge is 0.291 e. The Kier molecular flexibility index (Phi) is 2.28. The number of hydrogen-bond donors (Lipinski definition) is 2. The molecule has 0 aliphatic carbocycles. The first-order chi connectivity index (χ1) is 5.22. The molecule has 60 valence electrons. The van der Waals surface area contributed by atoms with Crippen LogP contribution in [0, 0.1) is 0 Å². The number of allylic oxidation sites excluding steroid dienone is 1. The minimum absolute atomic E-state index is 0.696. The first-order valence-electron chi connectivity index (χ1n) is 3.33. The van der Waals surface area contributed by atoms with Crippen molar-refractivity contribution in [1.82, 2.24) is 10.0 Å². The maximum atomic E-state index is 8.46. The zero-order valence-electron chi connectivity index (χ0n) is 6.65. The summed E-state index contributed by atoms with van der Waals surface area (Å²) in [5.74, 6) is 0. The minimum atomic E-state index is 0.696. The number of aromatic nitrogens is 2. The molecule has 1 rings (SSSR count). The van der Waals surface area contributed by atoms with Gasteiger partial charge < -0.3 is 0 Å². The van der Waals surface area contributed by atoms with E-state index in [0.29, 0.717) is 5.70 Å². The molecule has 0 fully saturated rings. The van der Waals surface area contributed by atoms with Gasteiger partial charge in [0.2, 0.25) is 6.33 Å². The molecule has 1 aromatic rings. The normalized spacial score (nSPS) is 11.7. The van der Waals surface area contributed by atoms with E-state index >= 15 is 0 Å². The molecular formula is C7H12N3O+. The van der Waals surface area contributed by atoms with Crippen LogP contribution in [-0.4, -0.2) is 9.77 Å². The molecule has 11 heavy (non-hydrogen) atoms. The molecule has 0 aliphatic rings. The van der Waals surface area contributed by atoms with Gasteiger partial charge in [0, 0.05) is 0 Å². The Hall–Kier alpha value is -1.29. The van der Waals surface area contributed by atoms with E-state index in [1.165, 1.54) is 0 Å². The highest BCUT2D eigenvalue weighted by atomic mass is 16.5. The monoisotopic (exact) mass is 154 g/mol. The highest BCUT2D eigenvalue weighted by Crippen LogP contribution is 1.90. The van der Waals surface area contributed by atoms with Crippen LogP contribution in [0.2, 0.25) is 0 Å². The van der Waals surface area contributed by atoms with E-state index in [9.17, 15) is 0 Å². The molecule has 0 amide bonds. The molecule has 1 heterocycles. The predicted molar refractivity (Wildman–Crippen MR) is 40.5 cm³/mol. The Balaban J connectivity index is 2.78. The highest BCUT2D eigenvalue weighted by Gasteiger charge is 1.95. The summed E-state index contributed by atoms with van der Waals surface area (Å²) >= 11 is 0. The van der Waals surface area contributed by atoms with Gasteiger partial charge in [0.15, 0.2) is 0 Å². The number of rotatable bonds is 2. The average Bonchev–Trinajstić information content (AvgIpc) is 2.35. The van der Waals surface area contributed by atoms with Gasteiger partial charge in [0.25, 0.3) is 0 Å². The van der Waals surface area contributed by atoms with Gasteiger partial charge in [-0.15, -0.1) is 0 Å². The molecule has 0 saturated carbocycles. The van der Waals surface area contributed by atoms with Crippen molar-refractivity contribution < 1.29 is 9.77 Å². The second-order valence-electron chi connectivity index (χ2n) is 2.45. The summed E-state index contributed by atoms with van der Waals surface area (Å²) in [6.07, 6.45) is 7.48. The molecule has 0 atom stereocenters. The maximum Gasteiger partial charge on any atom is 0.248 e. The van der Waals surface area contributed by atoms with Crippen LogP contribution in [0.3, 0.4) is 0 Å². The number of hydrogen-bond acceptors (Lipinski definition) is 2. The predicted octanol–water partition coefficient (Wildman–Crippen LogP) is 0.110. The van der Waals surface area contributed by atoms with Crippen molar-refractivity contribution >= 4 is 6.20 Å². The van der Waals surface area contributed by atoms with E-state index in [-0.39, 0.29) is 0 Å². The Morgan fingerprint density at radius 3 is 2.91 bits per heavy atom. The molecule has 0 aromatic carbocycles. The number of imidazole rings is 1. The number of nitrogens with zero attached hydrogens (tertiary/aromatic N) is 2. The topological polar surface area (TPSA) is 41.1 Å². The van der Waals surface area contributed by atoms with E-state index < -0.39 is 0 Å². The standard InChI is InChI=1S/C7H12N3O/c1-7(8-11)5-10-4-3-9(2)6-10/h3-6,8,11H,1-2H3/q+1. The SMILES string of the molecule is CC(=Cn1cc[n+](C)c1)NO. The number of aryl methyl sites for hydroxylation is 1. The second-order valence-corrected chi connectivity index (χ2v) is 2.45. The Bertz CT molecular complexity index is 264. The molecule has 2 N–H and O–H groups in total. The Morgan fingerprint density at radius 2 is 2.45 bits per heavy atom. The van der Waals surface area contributed by atoms with Crippen LogP contribution in [0.15, 0.2) is 24.4 Å². The molecule has 0 aliphatic heterocycles. The van der Waals surface area contributed by atoms with Crippen LogP contribution >= 0.6 is 0 Å². The summed E-state index contributed by atoms with van der Waals surface area (Å²) in [6, 6.07) is 0. The third-order valence-corrected chi connectivity index (χ3v) is 1.31. The lowest BCUT2D eigenvalue weighted by molar-refractivity contribution is -0.670. The molecule has 4 nitrogen and oxygen atoms in total. The zero-order chi connectivity index (χ0) is 8.27. The fourth-order valence-corrected chi connectivity index (χ4v) is 0.798. The van der Waals surface area contributed by atoms with Gasteiger partial charge in [0.05, 0.1) is 12.7 Å². The van der Waals surface area contributed by atoms with E-state index in [1.54, 1.807) is 13.1 Å². The fraction of sp³-hybridized carbons (Fsp3) is 0.286. The van der Waals surface area contributed by atoms with Crippen molar-refractivity contribution in [3.63, 3.8) is 0 Å². The van der Waals surface area contributed by atoms with Gasteiger partial charge in [-0.3, -0.25) is 10.7 Å². The van der Waals surface area contributed by atoms with Crippen molar-refractivity contribution in [2.75, 3.05) is 0 Å². The van der Waals surface area contributed by atoms with Crippen molar-refractivity contribution in [3.8, 4) is 0 Å². The summed E-state index contributed by atoms with van der Waals surface area (Å²) in [5.41, 5.74) is 2.75. The lowest BCUT2D eigenvalue weighted by atomic mass is 10.5. The van der Waals surface area contributed by atoms with Crippen LogP contribution in [-0.2, 0) is 7.05 Å². The van der Waals surface area contributed by atoms with Gasteiger partial charge in [-0.25, -0.2) is 9.13 Å². The second kappa shape index (κ2) is 3.21. The van der Waals surface area contributed by atoms with E-state index in [2.05, 4.69) is 5.48 Å². The van der Waals surface area contributed by atoms with Crippen molar-refractivity contribution in [2.24, 2.45) is 7.05 Å². The van der Waals surface area contributed by atoms with Gasteiger partial charge in [-0.2, -0.15) is 0 Å². The van der Waals surface area contributed by atoms with Crippen molar-refractivity contribution in [3.05, 3.63) is 24.4 Å². The molecule has 0 saturated heterocycles. The van der Waals surface area contributed by atoms with Crippen LogP contribution < -0.4 is 10.0 Å².